The second kappa shape index (κ2) is 7.16. The average Bonchev–Trinajstić information content (AvgIpc) is 3.15. The molecule has 0 spiro atoms. The van der Waals surface area contributed by atoms with E-state index in [-0.39, 0.29) is 38.7 Å². The van der Waals surface area contributed by atoms with E-state index in [1.165, 1.54) is 47.8 Å². The van der Waals surface area contributed by atoms with E-state index in [9.17, 15) is 23.3 Å². The van der Waals surface area contributed by atoms with Crippen molar-refractivity contribution in [2.24, 2.45) is 0 Å². The molecule has 8 nitrogen and oxygen atoms in total. The van der Waals surface area contributed by atoms with Crippen LogP contribution in [0.5, 0.6) is 0 Å². The SMILES string of the molecule is CC(=O)Nc1cc(C#N)cc2c1CCN2S(=O)(=O)c1cccc2c(=O)[nH]cc(Cl)c12. The van der Waals surface area contributed by atoms with Gasteiger partial charge in [0, 0.05) is 41.7 Å². The molecule has 1 amide bonds. The summed E-state index contributed by atoms with van der Waals surface area (Å²) >= 11 is 6.23. The Hall–Kier alpha value is -3.35. The number of amides is 1. The zero-order valence-corrected chi connectivity index (χ0v) is 17.3. The number of H-pyrrole nitrogens is 1. The lowest BCUT2D eigenvalue weighted by Gasteiger charge is -2.21. The number of fused-ring (bicyclic) bond motifs is 2. The highest BCUT2D eigenvalue weighted by atomic mass is 35.5. The molecule has 2 N–H and O–H groups in total. The second-order valence-electron chi connectivity index (χ2n) is 6.79. The molecular weight excluding hydrogens is 428 g/mol. The van der Waals surface area contributed by atoms with Gasteiger partial charge >= 0.3 is 0 Å². The average molecular weight is 443 g/mol. The summed E-state index contributed by atoms with van der Waals surface area (Å²) in [6, 6.07) is 9.36. The molecular formula is C20H15ClN4O4S. The van der Waals surface area contributed by atoms with Gasteiger partial charge in [0.05, 0.1) is 27.2 Å². The number of rotatable bonds is 3. The topological polar surface area (TPSA) is 123 Å². The molecule has 1 aliphatic rings. The van der Waals surface area contributed by atoms with Crippen molar-refractivity contribution in [2.75, 3.05) is 16.2 Å². The van der Waals surface area contributed by atoms with Gasteiger partial charge in [-0.3, -0.25) is 13.9 Å². The van der Waals surface area contributed by atoms with Crippen LogP contribution in [0, 0.1) is 11.3 Å². The zero-order chi connectivity index (χ0) is 21.6. The van der Waals surface area contributed by atoms with Gasteiger partial charge in [-0.1, -0.05) is 17.7 Å². The summed E-state index contributed by atoms with van der Waals surface area (Å²) in [5.74, 6) is -0.325. The van der Waals surface area contributed by atoms with Crippen LogP contribution in [0.15, 0.2) is 46.2 Å². The number of nitrogens with zero attached hydrogens (tertiary/aromatic N) is 2. The van der Waals surface area contributed by atoms with Crippen LogP contribution in [0.25, 0.3) is 10.8 Å². The van der Waals surface area contributed by atoms with Gasteiger partial charge in [-0.05, 0) is 30.7 Å². The monoisotopic (exact) mass is 442 g/mol. The lowest BCUT2D eigenvalue weighted by molar-refractivity contribution is -0.114. The summed E-state index contributed by atoms with van der Waals surface area (Å²) in [6.07, 6.45) is 1.61. The quantitative estimate of drug-likeness (QED) is 0.645. The minimum Gasteiger partial charge on any atom is -0.327 e. The molecule has 2 heterocycles. The first-order chi connectivity index (χ1) is 14.2. The summed E-state index contributed by atoms with van der Waals surface area (Å²) < 4.78 is 28.4. The van der Waals surface area contributed by atoms with Gasteiger partial charge in [0.1, 0.15) is 0 Å². The summed E-state index contributed by atoms with van der Waals surface area (Å²) in [6.45, 7) is 1.46. The number of halogens is 1. The van der Waals surface area contributed by atoms with E-state index in [1.54, 1.807) is 0 Å². The minimum atomic E-state index is -4.11. The summed E-state index contributed by atoms with van der Waals surface area (Å²) in [5, 5.41) is 12.4. The van der Waals surface area contributed by atoms with E-state index in [2.05, 4.69) is 10.3 Å². The fraction of sp³-hybridized carbons (Fsp3) is 0.150. The Bertz CT molecular complexity index is 1420. The van der Waals surface area contributed by atoms with E-state index < -0.39 is 15.6 Å². The Morgan fingerprint density at radius 3 is 2.80 bits per heavy atom. The van der Waals surface area contributed by atoms with Crippen LogP contribution in [0.1, 0.15) is 18.1 Å². The van der Waals surface area contributed by atoms with Crippen molar-refractivity contribution in [3.8, 4) is 6.07 Å². The number of nitriles is 1. The smallest absolute Gasteiger partial charge is 0.265 e. The predicted octanol–water partition coefficient (Wildman–Crippen LogP) is 2.76. The number of aromatic nitrogens is 1. The molecule has 0 unspecified atom stereocenters. The third kappa shape index (κ3) is 3.10. The molecule has 2 aromatic carbocycles. The highest BCUT2D eigenvalue weighted by molar-refractivity contribution is 7.93. The molecule has 0 saturated carbocycles. The Kier molecular flexibility index (Phi) is 4.76. The number of hydrogen-bond donors (Lipinski definition) is 2. The van der Waals surface area contributed by atoms with Gasteiger partial charge in [0.25, 0.3) is 15.6 Å². The van der Waals surface area contributed by atoms with Gasteiger partial charge in [-0.15, -0.1) is 0 Å². The maximum Gasteiger partial charge on any atom is 0.265 e. The van der Waals surface area contributed by atoms with Crippen molar-refractivity contribution in [1.29, 1.82) is 5.26 Å². The molecule has 3 aromatic rings. The highest BCUT2D eigenvalue weighted by Gasteiger charge is 2.34. The first-order valence-electron chi connectivity index (χ1n) is 8.91. The Balaban J connectivity index is 1.94. The fourth-order valence-corrected chi connectivity index (χ4v) is 5.70. The van der Waals surface area contributed by atoms with Gasteiger partial charge in [0.2, 0.25) is 5.91 Å². The van der Waals surface area contributed by atoms with Gasteiger partial charge in [-0.25, -0.2) is 8.42 Å². The molecule has 0 radical (unpaired) electrons. The van der Waals surface area contributed by atoms with Crippen molar-refractivity contribution in [1.82, 2.24) is 4.98 Å². The first-order valence-corrected chi connectivity index (χ1v) is 10.7. The number of carbonyl (C=O) groups is 1. The number of pyridine rings is 1. The van der Waals surface area contributed by atoms with Crippen LogP contribution in [-0.4, -0.2) is 25.9 Å². The number of sulfonamides is 1. The van der Waals surface area contributed by atoms with Crippen LogP contribution in [0.3, 0.4) is 0 Å². The lowest BCUT2D eigenvalue weighted by Crippen LogP contribution is -2.29. The number of hydrogen-bond acceptors (Lipinski definition) is 5. The maximum atomic E-state index is 13.6. The lowest BCUT2D eigenvalue weighted by atomic mass is 10.1. The van der Waals surface area contributed by atoms with E-state index >= 15 is 0 Å². The summed E-state index contributed by atoms with van der Waals surface area (Å²) in [7, 11) is -4.11. The van der Waals surface area contributed by atoms with Gasteiger partial charge in [-0.2, -0.15) is 5.26 Å². The molecule has 0 bridgehead atoms. The number of nitrogens with one attached hydrogen (secondary N) is 2. The van der Waals surface area contributed by atoms with Crippen molar-refractivity contribution in [3.63, 3.8) is 0 Å². The second-order valence-corrected chi connectivity index (χ2v) is 9.02. The molecule has 1 aliphatic heterocycles. The zero-order valence-electron chi connectivity index (χ0n) is 15.7. The van der Waals surface area contributed by atoms with Crippen molar-refractivity contribution in [3.05, 3.63) is 63.0 Å². The Morgan fingerprint density at radius 1 is 1.33 bits per heavy atom. The molecule has 152 valence electrons. The van der Waals surface area contributed by atoms with Crippen LogP contribution in [-0.2, 0) is 21.2 Å². The summed E-state index contributed by atoms with van der Waals surface area (Å²) in [4.78, 5) is 26.1. The molecule has 0 aliphatic carbocycles. The van der Waals surface area contributed by atoms with Crippen LogP contribution >= 0.6 is 11.6 Å². The van der Waals surface area contributed by atoms with Crippen molar-refractivity contribution >= 4 is 49.7 Å². The van der Waals surface area contributed by atoms with Gasteiger partial charge < -0.3 is 10.3 Å². The van der Waals surface area contributed by atoms with Crippen molar-refractivity contribution < 1.29 is 13.2 Å². The third-order valence-corrected chi connectivity index (χ3v) is 7.06. The van der Waals surface area contributed by atoms with Crippen LogP contribution in [0.2, 0.25) is 5.02 Å². The predicted molar refractivity (Wildman–Crippen MR) is 113 cm³/mol. The van der Waals surface area contributed by atoms with Gasteiger partial charge in [0.15, 0.2) is 0 Å². The van der Waals surface area contributed by atoms with Crippen LogP contribution in [0.4, 0.5) is 11.4 Å². The number of aromatic amines is 1. The molecule has 10 heteroatoms. The molecule has 1 aromatic heterocycles. The van der Waals surface area contributed by atoms with E-state index in [4.69, 9.17) is 11.6 Å². The van der Waals surface area contributed by atoms with E-state index in [1.807, 2.05) is 6.07 Å². The first kappa shape index (κ1) is 19.9. The highest BCUT2D eigenvalue weighted by Crippen LogP contribution is 2.40. The summed E-state index contributed by atoms with van der Waals surface area (Å²) in [5.41, 5.74) is 1.11. The molecule has 0 atom stereocenters. The molecule has 30 heavy (non-hydrogen) atoms. The largest absolute Gasteiger partial charge is 0.327 e. The van der Waals surface area contributed by atoms with Crippen molar-refractivity contribution in [2.45, 2.75) is 18.2 Å². The fourth-order valence-electron chi connectivity index (χ4n) is 3.67. The number of anilines is 2. The minimum absolute atomic E-state index is 0.104. The standard InChI is InChI=1S/C20H15ClN4O4S/c1-11(26)24-16-7-12(9-22)8-17-13(16)5-6-25(17)30(28,29)18-4-2-3-14-19(18)15(21)10-23-20(14)27/h2-4,7-8,10H,5-6H2,1H3,(H,23,27)(H,24,26). The maximum absolute atomic E-state index is 13.6. The Labute approximate surface area is 176 Å². The van der Waals surface area contributed by atoms with E-state index in [0.717, 1.165) is 0 Å². The van der Waals surface area contributed by atoms with E-state index in [0.29, 0.717) is 23.4 Å². The molecule has 0 fully saturated rings. The van der Waals surface area contributed by atoms with Crippen LogP contribution < -0.4 is 15.2 Å². The third-order valence-electron chi connectivity index (χ3n) is 4.91. The molecule has 0 saturated heterocycles. The molecule has 4 rings (SSSR count). The number of carbonyl (C=O) groups excluding carboxylic acids is 1. The number of benzene rings is 2. The normalized spacial score (nSPS) is 13.2. The Morgan fingerprint density at radius 2 is 2.10 bits per heavy atom.